The summed E-state index contributed by atoms with van der Waals surface area (Å²) >= 11 is 1.79. The smallest absolute Gasteiger partial charge is 0.321 e. The molecule has 0 atom stereocenters. The van der Waals surface area contributed by atoms with Crippen molar-refractivity contribution in [1.29, 1.82) is 0 Å². The van der Waals surface area contributed by atoms with Crippen molar-refractivity contribution < 1.29 is 9.90 Å². The van der Waals surface area contributed by atoms with E-state index < -0.39 is 0 Å². The van der Waals surface area contributed by atoms with Crippen molar-refractivity contribution in [3.63, 3.8) is 0 Å². The van der Waals surface area contributed by atoms with Crippen LogP contribution in [0.25, 0.3) is 0 Å². The predicted octanol–water partition coefficient (Wildman–Crippen LogP) is 3.42. The first-order valence-corrected chi connectivity index (χ1v) is 7.63. The fourth-order valence-electron chi connectivity index (χ4n) is 1.69. The van der Waals surface area contributed by atoms with Gasteiger partial charge in [-0.1, -0.05) is 20.8 Å². The molecule has 0 aromatic heterocycles. The zero-order valence-electron chi connectivity index (χ0n) is 12.6. The van der Waals surface area contributed by atoms with Crippen molar-refractivity contribution in [2.75, 3.05) is 25.0 Å². The molecule has 1 aromatic carbocycles. The average Bonchev–Trinajstić information content (AvgIpc) is 2.36. The van der Waals surface area contributed by atoms with Gasteiger partial charge in [0.2, 0.25) is 0 Å². The van der Waals surface area contributed by atoms with Crippen LogP contribution in [0.3, 0.4) is 0 Å². The Morgan fingerprint density at radius 3 is 2.35 bits per heavy atom. The molecule has 0 bridgehead atoms. The second-order valence-electron chi connectivity index (χ2n) is 5.47. The predicted molar refractivity (Wildman–Crippen MR) is 85.4 cm³/mol. The Morgan fingerprint density at radius 1 is 1.30 bits per heavy atom. The molecule has 20 heavy (non-hydrogen) atoms. The van der Waals surface area contributed by atoms with Crippen LogP contribution in [0.15, 0.2) is 29.2 Å². The molecule has 0 fully saturated rings. The maximum Gasteiger partial charge on any atom is 0.321 e. The quantitative estimate of drug-likeness (QED) is 0.819. The Labute approximate surface area is 125 Å². The van der Waals surface area contributed by atoms with E-state index in [-0.39, 0.29) is 17.4 Å². The van der Waals surface area contributed by atoms with Crippen LogP contribution in [0.4, 0.5) is 10.5 Å². The lowest BCUT2D eigenvalue weighted by Crippen LogP contribution is -2.36. The normalized spacial score (nSPS) is 11.2. The first-order valence-electron chi connectivity index (χ1n) is 6.81. The largest absolute Gasteiger partial charge is 0.395 e. The summed E-state index contributed by atoms with van der Waals surface area (Å²) in [7, 11) is 0. The first kappa shape index (κ1) is 16.9. The van der Waals surface area contributed by atoms with Gasteiger partial charge in [0.25, 0.3) is 0 Å². The van der Waals surface area contributed by atoms with Crippen LogP contribution in [0, 0.1) is 0 Å². The molecule has 0 aliphatic carbocycles. The molecule has 0 aliphatic heterocycles. The number of hydrogen-bond donors (Lipinski definition) is 2. The Kier molecular flexibility index (Phi) is 6.36. The molecule has 112 valence electrons. The van der Waals surface area contributed by atoms with Gasteiger partial charge in [0.05, 0.1) is 6.61 Å². The van der Waals surface area contributed by atoms with Crippen LogP contribution in [-0.4, -0.2) is 40.5 Å². The van der Waals surface area contributed by atoms with Gasteiger partial charge in [0, 0.05) is 28.4 Å². The minimum absolute atomic E-state index is 0.0254. The number of nitrogens with one attached hydrogen (secondary N) is 1. The van der Waals surface area contributed by atoms with Crippen LogP contribution >= 0.6 is 11.8 Å². The SMILES string of the molecule is CCN(CCO)C(=O)Nc1ccc(SC(C)(C)C)cc1. The van der Waals surface area contributed by atoms with Crippen molar-refractivity contribution in [2.45, 2.75) is 37.3 Å². The minimum atomic E-state index is -0.183. The monoisotopic (exact) mass is 296 g/mol. The van der Waals surface area contributed by atoms with E-state index in [0.29, 0.717) is 13.1 Å². The van der Waals surface area contributed by atoms with Gasteiger partial charge in [-0.05, 0) is 31.2 Å². The standard InChI is InChI=1S/C15H24N2O2S/c1-5-17(10-11-18)14(19)16-12-6-8-13(9-7-12)20-15(2,3)4/h6-9,18H,5,10-11H2,1-4H3,(H,16,19). The number of urea groups is 1. The number of anilines is 1. The highest BCUT2D eigenvalue weighted by atomic mass is 32.2. The summed E-state index contributed by atoms with van der Waals surface area (Å²) in [6, 6.07) is 7.64. The maximum atomic E-state index is 11.9. The van der Waals surface area contributed by atoms with E-state index in [2.05, 4.69) is 26.1 Å². The van der Waals surface area contributed by atoms with Crippen molar-refractivity contribution in [2.24, 2.45) is 0 Å². The molecule has 2 N–H and O–H groups in total. The molecular weight excluding hydrogens is 272 g/mol. The summed E-state index contributed by atoms with van der Waals surface area (Å²) in [6.07, 6.45) is 0. The van der Waals surface area contributed by atoms with Crippen LogP contribution < -0.4 is 5.32 Å². The topological polar surface area (TPSA) is 52.6 Å². The number of rotatable bonds is 5. The fourth-order valence-corrected chi connectivity index (χ4v) is 2.67. The summed E-state index contributed by atoms with van der Waals surface area (Å²) in [5.74, 6) is 0. The molecule has 4 nitrogen and oxygen atoms in total. The highest BCUT2D eigenvalue weighted by Crippen LogP contribution is 2.32. The third-order valence-corrected chi connectivity index (χ3v) is 3.69. The van der Waals surface area contributed by atoms with E-state index in [0.717, 1.165) is 5.69 Å². The molecule has 0 unspecified atom stereocenters. The van der Waals surface area contributed by atoms with Gasteiger partial charge in [-0.2, -0.15) is 0 Å². The van der Waals surface area contributed by atoms with E-state index in [1.54, 1.807) is 16.7 Å². The number of carbonyl (C=O) groups is 1. The molecule has 0 radical (unpaired) electrons. The number of hydrogen-bond acceptors (Lipinski definition) is 3. The Hall–Kier alpha value is -1.20. The fraction of sp³-hybridized carbons (Fsp3) is 0.533. The minimum Gasteiger partial charge on any atom is -0.395 e. The number of thioether (sulfide) groups is 1. The molecule has 1 aromatic rings. The van der Waals surface area contributed by atoms with Crippen LogP contribution in [-0.2, 0) is 0 Å². The van der Waals surface area contributed by atoms with E-state index in [1.807, 2.05) is 31.2 Å². The van der Waals surface area contributed by atoms with Gasteiger partial charge in [-0.3, -0.25) is 0 Å². The highest BCUT2D eigenvalue weighted by Gasteiger charge is 2.13. The molecule has 0 saturated heterocycles. The van der Waals surface area contributed by atoms with Gasteiger partial charge < -0.3 is 15.3 Å². The van der Waals surface area contributed by atoms with E-state index in [1.165, 1.54) is 4.90 Å². The van der Waals surface area contributed by atoms with Crippen molar-refractivity contribution in [3.05, 3.63) is 24.3 Å². The van der Waals surface area contributed by atoms with Crippen LogP contribution in [0.5, 0.6) is 0 Å². The zero-order chi connectivity index (χ0) is 15.2. The summed E-state index contributed by atoms with van der Waals surface area (Å²) in [6.45, 7) is 9.29. The van der Waals surface area contributed by atoms with Crippen LogP contribution in [0.2, 0.25) is 0 Å². The molecule has 2 amide bonds. The number of benzene rings is 1. The third-order valence-electron chi connectivity index (χ3n) is 2.57. The Morgan fingerprint density at radius 2 is 1.90 bits per heavy atom. The van der Waals surface area contributed by atoms with Crippen molar-refractivity contribution in [3.8, 4) is 0 Å². The number of likely N-dealkylation sites (N-methyl/N-ethyl adjacent to an activating group) is 1. The number of aliphatic hydroxyl groups excluding tert-OH is 1. The molecule has 0 aliphatic rings. The summed E-state index contributed by atoms with van der Waals surface area (Å²) in [5.41, 5.74) is 0.768. The number of aliphatic hydroxyl groups is 1. The van der Waals surface area contributed by atoms with Crippen molar-refractivity contribution in [1.82, 2.24) is 4.90 Å². The van der Waals surface area contributed by atoms with Gasteiger partial charge in [-0.25, -0.2) is 4.79 Å². The number of nitrogens with zero attached hydrogens (tertiary/aromatic N) is 1. The first-order chi connectivity index (χ1) is 9.35. The lowest BCUT2D eigenvalue weighted by Gasteiger charge is -2.20. The van der Waals surface area contributed by atoms with Crippen molar-refractivity contribution >= 4 is 23.5 Å². The second kappa shape index (κ2) is 7.55. The molecular formula is C15H24N2O2S. The van der Waals surface area contributed by atoms with Gasteiger partial charge >= 0.3 is 6.03 Å². The van der Waals surface area contributed by atoms with Gasteiger partial charge in [-0.15, -0.1) is 11.8 Å². The maximum absolute atomic E-state index is 11.9. The Balaban J connectivity index is 2.63. The number of amides is 2. The van der Waals surface area contributed by atoms with E-state index in [4.69, 9.17) is 5.11 Å². The number of carbonyl (C=O) groups excluding carboxylic acids is 1. The summed E-state index contributed by atoms with van der Waals surface area (Å²) in [5, 5.41) is 11.7. The third kappa shape index (κ3) is 5.84. The molecule has 0 saturated carbocycles. The summed E-state index contributed by atoms with van der Waals surface area (Å²) in [4.78, 5) is 14.7. The van der Waals surface area contributed by atoms with Gasteiger partial charge in [0.15, 0.2) is 0 Å². The summed E-state index contributed by atoms with van der Waals surface area (Å²) < 4.78 is 0.172. The van der Waals surface area contributed by atoms with Crippen LogP contribution in [0.1, 0.15) is 27.7 Å². The highest BCUT2D eigenvalue weighted by molar-refractivity contribution is 8.00. The van der Waals surface area contributed by atoms with E-state index >= 15 is 0 Å². The lowest BCUT2D eigenvalue weighted by molar-refractivity contribution is 0.192. The zero-order valence-corrected chi connectivity index (χ0v) is 13.5. The molecule has 0 heterocycles. The Bertz CT molecular complexity index is 426. The second-order valence-corrected chi connectivity index (χ2v) is 7.37. The molecule has 0 spiro atoms. The molecule has 1 rings (SSSR count). The van der Waals surface area contributed by atoms with E-state index in [9.17, 15) is 4.79 Å². The van der Waals surface area contributed by atoms with Gasteiger partial charge in [0.1, 0.15) is 0 Å². The molecule has 5 heteroatoms. The average molecular weight is 296 g/mol. The lowest BCUT2D eigenvalue weighted by atomic mass is 10.3.